The summed E-state index contributed by atoms with van der Waals surface area (Å²) in [6.45, 7) is 2.28. The van der Waals surface area contributed by atoms with Crippen molar-refractivity contribution in [1.82, 2.24) is 10.4 Å². The molecule has 0 aliphatic carbocycles. The normalized spacial score (nSPS) is 10.6. The lowest BCUT2D eigenvalue weighted by Crippen LogP contribution is -2.17. The van der Waals surface area contributed by atoms with E-state index in [-0.39, 0.29) is 11.7 Å². The first kappa shape index (κ1) is 16.2. The first-order chi connectivity index (χ1) is 10.6. The van der Waals surface area contributed by atoms with E-state index < -0.39 is 0 Å². The van der Waals surface area contributed by atoms with Crippen molar-refractivity contribution in [2.24, 2.45) is 5.10 Å². The average Bonchev–Trinajstić information content (AvgIpc) is 2.52. The Morgan fingerprint density at radius 2 is 2.36 bits per heavy atom. The third-order valence-electron chi connectivity index (χ3n) is 2.66. The molecule has 1 heterocycles. The van der Waals surface area contributed by atoms with Crippen LogP contribution in [0.25, 0.3) is 0 Å². The van der Waals surface area contributed by atoms with Gasteiger partial charge in [0.1, 0.15) is 0 Å². The molecular formula is C15H14IN3O3. The van der Waals surface area contributed by atoms with Crippen LogP contribution < -0.4 is 10.2 Å². The number of hydrazone groups is 1. The number of pyridine rings is 1. The van der Waals surface area contributed by atoms with Crippen molar-refractivity contribution in [2.75, 3.05) is 6.61 Å². The maximum Gasteiger partial charge on any atom is 0.272 e. The summed E-state index contributed by atoms with van der Waals surface area (Å²) < 4.78 is 6.23. The van der Waals surface area contributed by atoms with Gasteiger partial charge < -0.3 is 9.84 Å². The Labute approximate surface area is 141 Å². The summed E-state index contributed by atoms with van der Waals surface area (Å²) >= 11 is 2.11. The summed E-state index contributed by atoms with van der Waals surface area (Å²) in [5.74, 6) is -0.00409. The third-order valence-corrected chi connectivity index (χ3v) is 3.29. The number of hydrogen-bond acceptors (Lipinski definition) is 5. The molecule has 0 unspecified atom stereocenters. The van der Waals surface area contributed by atoms with Gasteiger partial charge in [0, 0.05) is 21.5 Å². The number of nitrogens with zero attached hydrogens (tertiary/aromatic N) is 2. The molecular weight excluding hydrogens is 397 g/mol. The highest BCUT2D eigenvalue weighted by Gasteiger charge is 2.09. The van der Waals surface area contributed by atoms with Crippen LogP contribution in [0.2, 0.25) is 0 Å². The molecule has 1 amide bonds. The predicted octanol–water partition coefficient (Wildman–Crippen LogP) is 2.55. The van der Waals surface area contributed by atoms with Gasteiger partial charge in [-0.2, -0.15) is 5.10 Å². The highest BCUT2D eigenvalue weighted by Crippen LogP contribution is 2.31. The molecule has 0 aliphatic heterocycles. The van der Waals surface area contributed by atoms with Gasteiger partial charge in [-0.25, -0.2) is 5.43 Å². The van der Waals surface area contributed by atoms with Gasteiger partial charge >= 0.3 is 0 Å². The van der Waals surface area contributed by atoms with Gasteiger partial charge in [-0.15, -0.1) is 0 Å². The van der Waals surface area contributed by atoms with Crippen LogP contribution in [0, 0.1) is 3.57 Å². The number of halogens is 1. The average molecular weight is 411 g/mol. The fourth-order valence-corrected chi connectivity index (χ4v) is 2.30. The Hall–Kier alpha value is -2.16. The Morgan fingerprint density at radius 1 is 1.55 bits per heavy atom. The molecule has 22 heavy (non-hydrogen) atoms. The van der Waals surface area contributed by atoms with Gasteiger partial charge in [0.2, 0.25) is 0 Å². The predicted molar refractivity (Wildman–Crippen MR) is 91.3 cm³/mol. The first-order valence-electron chi connectivity index (χ1n) is 6.50. The highest BCUT2D eigenvalue weighted by atomic mass is 127. The molecule has 0 bridgehead atoms. The fourth-order valence-electron chi connectivity index (χ4n) is 1.68. The maximum absolute atomic E-state index is 11.8. The second kappa shape index (κ2) is 7.74. The molecule has 0 saturated heterocycles. The van der Waals surface area contributed by atoms with Crippen molar-refractivity contribution in [2.45, 2.75) is 6.92 Å². The van der Waals surface area contributed by atoms with E-state index in [9.17, 15) is 9.90 Å². The van der Waals surface area contributed by atoms with Crippen molar-refractivity contribution < 1.29 is 14.6 Å². The molecule has 2 aromatic rings. The third kappa shape index (κ3) is 4.17. The summed E-state index contributed by atoms with van der Waals surface area (Å²) in [5.41, 5.74) is 3.25. The molecule has 6 nitrogen and oxygen atoms in total. The number of aromatic hydroxyl groups is 1. The molecule has 0 fully saturated rings. The van der Waals surface area contributed by atoms with Crippen LogP contribution in [-0.4, -0.2) is 28.8 Å². The second-order valence-corrected chi connectivity index (χ2v) is 5.46. The Morgan fingerprint density at radius 3 is 3.05 bits per heavy atom. The summed E-state index contributed by atoms with van der Waals surface area (Å²) in [4.78, 5) is 15.7. The van der Waals surface area contributed by atoms with Gasteiger partial charge in [0.25, 0.3) is 5.91 Å². The van der Waals surface area contributed by atoms with Gasteiger partial charge in [-0.1, -0.05) is 0 Å². The van der Waals surface area contributed by atoms with Gasteiger partial charge in [0.05, 0.1) is 18.4 Å². The minimum Gasteiger partial charge on any atom is -0.504 e. The Bertz CT molecular complexity index is 690. The molecule has 0 aliphatic rings. The zero-order valence-corrected chi connectivity index (χ0v) is 13.9. The van der Waals surface area contributed by atoms with Crippen molar-refractivity contribution in [3.05, 3.63) is 51.4 Å². The number of rotatable bonds is 5. The molecule has 2 rings (SSSR count). The first-order valence-corrected chi connectivity index (χ1v) is 7.58. The molecule has 0 radical (unpaired) electrons. The van der Waals surface area contributed by atoms with Crippen LogP contribution in [0.5, 0.6) is 11.5 Å². The van der Waals surface area contributed by atoms with E-state index in [0.29, 0.717) is 23.5 Å². The molecule has 2 N–H and O–H groups in total. The van der Waals surface area contributed by atoms with Crippen LogP contribution in [-0.2, 0) is 0 Å². The zero-order chi connectivity index (χ0) is 15.9. The number of carbonyl (C=O) groups excluding carboxylic acids is 1. The summed E-state index contributed by atoms with van der Waals surface area (Å²) in [7, 11) is 0. The monoisotopic (exact) mass is 411 g/mol. The fraction of sp³-hybridized carbons (Fsp3) is 0.133. The number of phenols is 1. The van der Waals surface area contributed by atoms with Crippen LogP contribution in [0.3, 0.4) is 0 Å². The number of aromatic nitrogens is 1. The van der Waals surface area contributed by atoms with E-state index in [4.69, 9.17) is 4.74 Å². The van der Waals surface area contributed by atoms with Gasteiger partial charge in [0.15, 0.2) is 11.5 Å². The minimum atomic E-state index is -0.375. The maximum atomic E-state index is 11.8. The number of hydrogen-bond donors (Lipinski definition) is 2. The molecule has 1 aromatic heterocycles. The van der Waals surface area contributed by atoms with Crippen molar-refractivity contribution >= 4 is 34.7 Å². The summed E-state index contributed by atoms with van der Waals surface area (Å²) in [5, 5.41) is 13.9. The van der Waals surface area contributed by atoms with Crippen LogP contribution >= 0.6 is 22.6 Å². The zero-order valence-electron chi connectivity index (χ0n) is 11.8. The SMILES string of the molecule is CCOc1cc(I)cc(/C=N/NC(=O)c2cccnc2)c1O. The van der Waals surface area contributed by atoms with Crippen LogP contribution in [0.1, 0.15) is 22.8 Å². The van der Waals surface area contributed by atoms with Crippen LogP contribution in [0.15, 0.2) is 41.8 Å². The van der Waals surface area contributed by atoms with Crippen molar-refractivity contribution in [1.29, 1.82) is 0 Å². The number of ether oxygens (including phenoxy) is 1. The van der Waals surface area contributed by atoms with Crippen LogP contribution in [0.4, 0.5) is 0 Å². The number of benzene rings is 1. The van der Waals surface area contributed by atoms with E-state index in [1.165, 1.54) is 12.4 Å². The Balaban J connectivity index is 2.12. The molecule has 0 spiro atoms. The van der Waals surface area contributed by atoms with E-state index >= 15 is 0 Å². The topological polar surface area (TPSA) is 83.8 Å². The molecule has 1 aromatic carbocycles. The largest absolute Gasteiger partial charge is 0.504 e. The highest BCUT2D eigenvalue weighted by molar-refractivity contribution is 14.1. The quantitative estimate of drug-likeness (QED) is 0.450. The van der Waals surface area contributed by atoms with E-state index in [1.54, 1.807) is 30.5 Å². The smallest absolute Gasteiger partial charge is 0.272 e. The molecule has 0 saturated carbocycles. The van der Waals surface area contributed by atoms with Crippen molar-refractivity contribution in [3.63, 3.8) is 0 Å². The number of nitrogens with one attached hydrogen (secondary N) is 1. The van der Waals surface area contributed by atoms with Gasteiger partial charge in [-0.3, -0.25) is 9.78 Å². The number of phenolic OH excluding ortho intramolecular Hbond substituents is 1. The van der Waals surface area contributed by atoms with E-state index in [2.05, 4.69) is 38.1 Å². The number of amides is 1. The standard InChI is InChI=1S/C15H14IN3O3/c1-2-22-13-7-12(16)6-11(14(13)20)9-18-19-15(21)10-4-3-5-17-8-10/h3-9,20H,2H2,1H3,(H,19,21)/b18-9+. The van der Waals surface area contributed by atoms with Crippen molar-refractivity contribution in [3.8, 4) is 11.5 Å². The lowest BCUT2D eigenvalue weighted by atomic mass is 10.2. The van der Waals surface area contributed by atoms with E-state index in [0.717, 1.165) is 3.57 Å². The lowest BCUT2D eigenvalue weighted by Gasteiger charge is -2.08. The lowest BCUT2D eigenvalue weighted by molar-refractivity contribution is 0.0954. The Kier molecular flexibility index (Phi) is 5.70. The summed E-state index contributed by atoms with van der Waals surface area (Å²) in [6, 6.07) is 6.76. The molecule has 7 heteroatoms. The molecule has 0 atom stereocenters. The molecule has 114 valence electrons. The second-order valence-electron chi connectivity index (χ2n) is 4.22. The van der Waals surface area contributed by atoms with E-state index in [1.807, 2.05) is 6.92 Å². The minimum absolute atomic E-state index is 0.0124. The van der Waals surface area contributed by atoms with Gasteiger partial charge in [-0.05, 0) is 53.8 Å². The summed E-state index contributed by atoms with van der Waals surface area (Å²) in [6.07, 6.45) is 4.40. The number of carbonyl (C=O) groups is 1.